The first-order valence-electron chi connectivity index (χ1n) is 9.80. The fourth-order valence-corrected chi connectivity index (χ4v) is 3.64. The number of nitro benzene ring substituents is 1. The number of anilines is 2. The molecule has 32 heavy (non-hydrogen) atoms. The van der Waals surface area contributed by atoms with Crippen LogP contribution in [0.1, 0.15) is 18.3 Å². The van der Waals surface area contributed by atoms with E-state index in [1.165, 1.54) is 36.0 Å². The van der Waals surface area contributed by atoms with Crippen molar-refractivity contribution >= 4 is 40.6 Å². The van der Waals surface area contributed by atoms with Gasteiger partial charge in [0, 0.05) is 30.6 Å². The van der Waals surface area contributed by atoms with Crippen molar-refractivity contribution in [3.05, 3.63) is 70.0 Å². The molecular weight excluding hydrogens is 432 g/mol. The van der Waals surface area contributed by atoms with Gasteiger partial charge in [-0.1, -0.05) is 36.9 Å². The summed E-state index contributed by atoms with van der Waals surface area (Å²) in [5.74, 6) is 0.0601. The van der Waals surface area contributed by atoms with Gasteiger partial charge in [-0.05, 0) is 30.2 Å². The first kappa shape index (κ1) is 22.9. The van der Waals surface area contributed by atoms with E-state index < -0.39 is 4.92 Å². The lowest BCUT2D eigenvalue weighted by atomic mass is 10.1. The number of amides is 2. The summed E-state index contributed by atoms with van der Waals surface area (Å²) >= 11 is 1.18. The van der Waals surface area contributed by atoms with E-state index in [1.54, 1.807) is 11.6 Å². The normalized spacial score (nSPS) is 10.6. The number of thioether (sulfide) groups is 1. The third kappa shape index (κ3) is 5.91. The molecule has 166 valence electrons. The van der Waals surface area contributed by atoms with Gasteiger partial charge in [0.15, 0.2) is 5.16 Å². The predicted molar refractivity (Wildman–Crippen MR) is 122 cm³/mol. The zero-order valence-electron chi connectivity index (χ0n) is 17.6. The maximum absolute atomic E-state index is 12.4. The van der Waals surface area contributed by atoms with Crippen LogP contribution in [0.15, 0.2) is 53.7 Å². The second-order valence-corrected chi connectivity index (χ2v) is 7.78. The molecular formula is C21H22N6O4S. The molecule has 1 heterocycles. The Kier molecular flexibility index (Phi) is 7.55. The summed E-state index contributed by atoms with van der Waals surface area (Å²) < 4.78 is 1.68. The van der Waals surface area contributed by atoms with Crippen molar-refractivity contribution in [3.63, 3.8) is 0 Å². The van der Waals surface area contributed by atoms with Gasteiger partial charge >= 0.3 is 0 Å². The summed E-state index contributed by atoms with van der Waals surface area (Å²) in [6, 6.07) is 13.2. The zero-order chi connectivity index (χ0) is 23.1. The SMILES string of the molecule is CCc1ccccc1NC(=O)Cc1nnc(SCC(=O)Nc2ccc([N+](=O)[O-])cc2)n1C. The maximum atomic E-state index is 12.4. The van der Waals surface area contributed by atoms with Crippen LogP contribution in [0.5, 0.6) is 0 Å². The third-order valence-electron chi connectivity index (χ3n) is 4.61. The van der Waals surface area contributed by atoms with Crippen LogP contribution in [0.3, 0.4) is 0 Å². The molecule has 1 aromatic heterocycles. The second kappa shape index (κ2) is 10.5. The number of aryl methyl sites for hydroxylation is 1. The fraction of sp³-hybridized carbons (Fsp3) is 0.238. The number of carbonyl (C=O) groups is 2. The Hall–Kier alpha value is -3.73. The van der Waals surface area contributed by atoms with E-state index in [4.69, 9.17) is 0 Å². The van der Waals surface area contributed by atoms with E-state index in [-0.39, 0.29) is 29.7 Å². The Bertz CT molecular complexity index is 1130. The number of para-hydroxylation sites is 1. The molecule has 2 aromatic carbocycles. The van der Waals surface area contributed by atoms with Crippen LogP contribution in [0.4, 0.5) is 17.1 Å². The van der Waals surface area contributed by atoms with E-state index in [0.29, 0.717) is 16.7 Å². The lowest BCUT2D eigenvalue weighted by Crippen LogP contribution is -2.18. The molecule has 0 saturated carbocycles. The molecule has 0 spiro atoms. The number of aromatic nitrogens is 3. The van der Waals surface area contributed by atoms with Crippen molar-refractivity contribution in [2.45, 2.75) is 24.9 Å². The summed E-state index contributed by atoms with van der Waals surface area (Å²) in [5.41, 5.74) is 2.24. The highest BCUT2D eigenvalue weighted by Crippen LogP contribution is 2.19. The van der Waals surface area contributed by atoms with Gasteiger partial charge < -0.3 is 15.2 Å². The number of carbonyl (C=O) groups excluding carboxylic acids is 2. The first-order chi connectivity index (χ1) is 15.4. The van der Waals surface area contributed by atoms with E-state index in [1.807, 2.05) is 31.2 Å². The molecule has 0 aliphatic rings. The minimum absolute atomic E-state index is 0.0498. The predicted octanol–water partition coefficient (Wildman–Crippen LogP) is 3.20. The van der Waals surface area contributed by atoms with E-state index >= 15 is 0 Å². The molecule has 0 radical (unpaired) electrons. The smallest absolute Gasteiger partial charge is 0.269 e. The maximum Gasteiger partial charge on any atom is 0.269 e. The summed E-state index contributed by atoms with van der Waals surface area (Å²) in [4.78, 5) is 34.8. The topological polar surface area (TPSA) is 132 Å². The Morgan fingerprint density at radius 2 is 1.78 bits per heavy atom. The van der Waals surface area contributed by atoms with Crippen molar-refractivity contribution in [2.24, 2.45) is 7.05 Å². The van der Waals surface area contributed by atoms with Gasteiger partial charge in [0.1, 0.15) is 5.82 Å². The third-order valence-corrected chi connectivity index (χ3v) is 5.63. The largest absolute Gasteiger partial charge is 0.325 e. The van der Waals surface area contributed by atoms with Crippen LogP contribution in [0, 0.1) is 10.1 Å². The lowest BCUT2D eigenvalue weighted by molar-refractivity contribution is -0.384. The monoisotopic (exact) mass is 454 g/mol. The number of benzene rings is 2. The zero-order valence-corrected chi connectivity index (χ0v) is 18.4. The molecule has 3 rings (SSSR count). The van der Waals surface area contributed by atoms with E-state index in [0.717, 1.165) is 17.7 Å². The molecule has 0 atom stereocenters. The van der Waals surface area contributed by atoms with Gasteiger partial charge in [0.2, 0.25) is 11.8 Å². The highest BCUT2D eigenvalue weighted by Gasteiger charge is 2.15. The minimum Gasteiger partial charge on any atom is -0.325 e. The van der Waals surface area contributed by atoms with Gasteiger partial charge in [0.25, 0.3) is 5.69 Å². The van der Waals surface area contributed by atoms with Crippen molar-refractivity contribution in [2.75, 3.05) is 16.4 Å². The quantitative estimate of drug-likeness (QED) is 0.288. The van der Waals surface area contributed by atoms with Crippen molar-refractivity contribution < 1.29 is 14.5 Å². The standard InChI is InChI=1S/C21H22N6O4S/c1-3-14-6-4-5-7-17(14)23-19(28)12-18-24-25-21(26(18)2)32-13-20(29)22-15-8-10-16(11-9-15)27(30)31/h4-11H,3,12-13H2,1-2H3,(H,22,29)(H,23,28). The average molecular weight is 455 g/mol. The van der Waals surface area contributed by atoms with Crippen molar-refractivity contribution in [3.8, 4) is 0 Å². The molecule has 2 amide bonds. The van der Waals surface area contributed by atoms with E-state index in [2.05, 4.69) is 20.8 Å². The number of hydrogen-bond acceptors (Lipinski definition) is 7. The Morgan fingerprint density at radius 1 is 1.06 bits per heavy atom. The summed E-state index contributed by atoms with van der Waals surface area (Å²) in [7, 11) is 1.74. The Morgan fingerprint density at radius 3 is 2.47 bits per heavy atom. The van der Waals surface area contributed by atoms with Crippen LogP contribution in [0.25, 0.3) is 0 Å². The molecule has 0 aliphatic heterocycles. The number of rotatable bonds is 9. The summed E-state index contributed by atoms with van der Waals surface area (Å²) in [6.07, 6.45) is 0.861. The van der Waals surface area contributed by atoms with Crippen LogP contribution in [-0.2, 0) is 29.5 Å². The van der Waals surface area contributed by atoms with Crippen LogP contribution < -0.4 is 10.6 Å². The van der Waals surface area contributed by atoms with Crippen LogP contribution in [-0.4, -0.2) is 37.3 Å². The Labute approximate surface area is 188 Å². The number of nitrogens with one attached hydrogen (secondary N) is 2. The number of hydrogen-bond donors (Lipinski definition) is 2. The minimum atomic E-state index is -0.504. The molecule has 2 N–H and O–H groups in total. The molecule has 10 nitrogen and oxygen atoms in total. The van der Waals surface area contributed by atoms with E-state index in [9.17, 15) is 19.7 Å². The molecule has 0 aliphatic carbocycles. The lowest BCUT2D eigenvalue weighted by Gasteiger charge is -2.09. The molecule has 0 fully saturated rings. The molecule has 11 heteroatoms. The van der Waals surface area contributed by atoms with Crippen molar-refractivity contribution in [1.29, 1.82) is 0 Å². The van der Waals surface area contributed by atoms with Gasteiger partial charge in [0.05, 0.1) is 17.1 Å². The fourth-order valence-electron chi connectivity index (χ4n) is 2.91. The summed E-state index contributed by atoms with van der Waals surface area (Å²) in [5, 5.41) is 24.9. The first-order valence-corrected chi connectivity index (χ1v) is 10.8. The number of nitro groups is 1. The van der Waals surface area contributed by atoms with Crippen molar-refractivity contribution in [1.82, 2.24) is 14.8 Å². The Balaban J connectivity index is 1.53. The number of nitrogens with zero attached hydrogens (tertiary/aromatic N) is 4. The molecule has 0 saturated heterocycles. The highest BCUT2D eigenvalue weighted by molar-refractivity contribution is 7.99. The highest BCUT2D eigenvalue weighted by atomic mass is 32.2. The average Bonchev–Trinajstić information content (AvgIpc) is 3.12. The van der Waals surface area contributed by atoms with Crippen LogP contribution in [0.2, 0.25) is 0 Å². The van der Waals surface area contributed by atoms with Gasteiger partial charge in [-0.15, -0.1) is 10.2 Å². The van der Waals surface area contributed by atoms with Crippen LogP contribution >= 0.6 is 11.8 Å². The number of non-ortho nitro benzene ring substituents is 1. The van der Waals surface area contributed by atoms with Gasteiger partial charge in [-0.3, -0.25) is 19.7 Å². The van der Waals surface area contributed by atoms with Gasteiger partial charge in [-0.2, -0.15) is 0 Å². The second-order valence-electron chi connectivity index (χ2n) is 6.83. The summed E-state index contributed by atoms with van der Waals surface area (Å²) in [6.45, 7) is 2.02. The van der Waals surface area contributed by atoms with Gasteiger partial charge in [-0.25, -0.2) is 0 Å². The molecule has 3 aromatic rings. The molecule has 0 unspecified atom stereocenters. The molecule has 0 bridgehead atoms.